The topological polar surface area (TPSA) is 50.4 Å². The Morgan fingerprint density at radius 2 is 2.22 bits per heavy atom. The maximum atomic E-state index is 5.77. The van der Waals surface area contributed by atoms with Gasteiger partial charge in [0.2, 0.25) is 0 Å². The van der Waals surface area contributed by atoms with Gasteiger partial charge in [-0.3, -0.25) is 4.99 Å². The van der Waals surface area contributed by atoms with E-state index in [0.29, 0.717) is 5.96 Å². The first-order valence-corrected chi connectivity index (χ1v) is 7.27. The number of guanidine groups is 1. The van der Waals surface area contributed by atoms with Gasteiger partial charge in [-0.25, -0.2) is 0 Å². The van der Waals surface area contributed by atoms with E-state index in [9.17, 15) is 0 Å². The van der Waals surface area contributed by atoms with Crippen LogP contribution in [0.3, 0.4) is 0 Å². The van der Waals surface area contributed by atoms with Crippen LogP contribution in [0.2, 0.25) is 0 Å². The molecule has 1 heterocycles. The smallest absolute Gasteiger partial charge is 0.188 e. The highest BCUT2D eigenvalue weighted by Crippen LogP contribution is 2.07. The molecule has 3 N–H and O–H groups in total. The number of halogens is 1. The summed E-state index contributed by atoms with van der Waals surface area (Å²) in [7, 11) is 0. The monoisotopic (exact) mass is 381 g/mol. The number of hydrogen-bond donors (Lipinski definition) is 2. The molecule has 0 aliphatic rings. The van der Waals surface area contributed by atoms with Crippen LogP contribution in [0.4, 0.5) is 0 Å². The van der Waals surface area contributed by atoms with Crippen molar-refractivity contribution in [1.29, 1.82) is 0 Å². The summed E-state index contributed by atoms with van der Waals surface area (Å²) >= 11 is 1.78. The van der Waals surface area contributed by atoms with E-state index in [2.05, 4.69) is 34.7 Å². The van der Waals surface area contributed by atoms with Gasteiger partial charge in [-0.15, -0.1) is 35.3 Å². The zero-order chi connectivity index (χ0) is 12.3. The van der Waals surface area contributed by atoms with Crippen molar-refractivity contribution in [2.45, 2.75) is 39.0 Å². The molecule has 0 atom stereocenters. The fourth-order valence-corrected chi connectivity index (χ4v) is 2.27. The van der Waals surface area contributed by atoms with Crippen molar-refractivity contribution < 1.29 is 0 Å². The molecular weight excluding hydrogens is 357 g/mol. The lowest BCUT2D eigenvalue weighted by Gasteiger charge is -2.04. The molecule has 1 rings (SSSR count). The van der Waals surface area contributed by atoms with Gasteiger partial charge in [-0.05, 0) is 24.3 Å². The van der Waals surface area contributed by atoms with E-state index in [1.165, 1.54) is 24.1 Å². The van der Waals surface area contributed by atoms with Gasteiger partial charge in [-0.2, -0.15) is 0 Å². The summed E-state index contributed by atoms with van der Waals surface area (Å²) in [5, 5.41) is 5.24. The van der Waals surface area contributed by atoms with Crippen LogP contribution >= 0.6 is 35.3 Å². The Morgan fingerprint density at radius 1 is 1.39 bits per heavy atom. The molecule has 0 aromatic carbocycles. The van der Waals surface area contributed by atoms with E-state index in [4.69, 9.17) is 5.73 Å². The molecule has 18 heavy (non-hydrogen) atoms. The summed E-state index contributed by atoms with van der Waals surface area (Å²) in [6, 6.07) is 4.22. The standard InChI is InChI=1S/C13H23N3S.HI/c1-2-3-4-5-9-15-13(14)16-10-8-12-7-6-11-17-12;/h6-7,11H,2-5,8-10H2,1H3,(H3,14,15,16);1H. The second-order valence-electron chi connectivity index (χ2n) is 4.08. The zero-order valence-corrected chi connectivity index (χ0v) is 14.2. The highest BCUT2D eigenvalue weighted by molar-refractivity contribution is 14.0. The van der Waals surface area contributed by atoms with Crippen molar-refractivity contribution in [3.63, 3.8) is 0 Å². The predicted molar refractivity (Wildman–Crippen MR) is 92.1 cm³/mol. The van der Waals surface area contributed by atoms with Gasteiger partial charge in [0, 0.05) is 18.0 Å². The summed E-state index contributed by atoms with van der Waals surface area (Å²) in [6.07, 6.45) is 5.97. The van der Waals surface area contributed by atoms with Gasteiger partial charge in [0.25, 0.3) is 0 Å². The normalized spacial score (nSPS) is 11.1. The van der Waals surface area contributed by atoms with Gasteiger partial charge in [-0.1, -0.05) is 32.3 Å². The van der Waals surface area contributed by atoms with Crippen LogP contribution in [0.5, 0.6) is 0 Å². The summed E-state index contributed by atoms with van der Waals surface area (Å²) in [5.41, 5.74) is 5.77. The Morgan fingerprint density at radius 3 is 2.89 bits per heavy atom. The fraction of sp³-hybridized carbons (Fsp3) is 0.615. The lowest BCUT2D eigenvalue weighted by Crippen LogP contribution is -2.33. The van der Waals surface area contributed by atoms with Crippen molar-refractivity contribution in [3.8, 4) is 0 Å². The fourth-order valence-electron chi connectivity index (χ4n) is 1.56. The van der Waals surface area contributed by atoms with E-state index < -0.39 is 0 Å². The molecule has 0 radical (unpaired) electrons. The molecule has 0 unspecified atom stereocenters. The molecule has 0 amide bonds. The quantitative estimate of drug-likeness (QED) is 0.314. The van der Waals surface area contributed by atoms with E-state index in [1.54, 1.807) is 11.3 Å². The molecule has 1 aromatic rings. The molecule has 0 saturated carbocycles. The molecule has 0 aliphatic carbocycles. The molecule has 0 fully saturated rings. The number of nitrogens with one attached hydrogen (secondary N) is 1. The van der Waals surface area contributed by atoms with Crippen molar-refractivity contribution >= 4 is 41.3 Å². The molecule has 0 spiro atoms. The van der Waals surface area contributed by atoms with E-state index in [0.717, 1.165) is 25.9 Å². The lowest BCUT2D eigenvalue weighted by atomic mass is 10.2. The minimum Gasteiger partial charge on any atom is -0.370 e. The molecule has 104 valence electrons. The number of rotatable bonds is 8. The van der Waals surface area contributed by atoms with Crippen LogP contribution in [0.15, 0.2) is 22.5 Å². The van der Waals surface area contributed by atoms with Crippen LogP contribution in [0.1, 0.15) is 37.5 Å². The minimum absolute atomic E-state index is 0. The van der Waals surface area contributed by atoms with Crippen molar-refractivity contribution in [2.75, 3.05) is 13.1 Å². The lowest BCUT2D eigenvalue weighted by molar-refractivity contribution is 0.673. The SMILES string of the molecule is CCCCCCN=C(N)NCCc1cccs1.I. The van der Waals surface area contributed by atoms with Crippen LogP contribution in [-0.4, -0.2) is 19.0 Å². The maximum absolute atomic E-state index is 5.77. The van der Waals surface area contributed by atoms with E-state index in [1.807, 2.05) is 0 Å². The van der Waals surface area contributed by atoms with Crippen molar-refractivity contribution in [3.05, 3.63) is 22.4 Å². The molecule has 0 saturated heterocycles. The average Bonchev–Trinajstić information content (AvgIpc) is 2.82. The molecule has 1 aromatic heterocycles. The zero-order valence-electron chi connectivity index (χ0n) is 11.0. The first kappa shape index (κ1) is 17.7. The number of hydrogen-bond acceptors (Lipinski definition) is 2. The molecule has 0 aliphatic heterocycles. The highest BCUT2D eigenvalue weighted by atomic mass is 127. The Balaban J connectivity index is 0.00000289. The van der Waals surface area contributed by atoms with Gasteiger partial charge < -0.3 is 11.1 Å². The summed E-state index contributed by atoms with van der Waals surface area (Å²) in [4.78, 5) is 5.68. The van der Waals surface area contributed by atoms with Gasteiger partial charge in [0.1, 0.15) is 0 Å². The molecule has 0 bridgehead atoms. The van der Waals surface area contributed by atoms with Gasteiger partial charge >= 0.3 is 0 Å². The van der Waals surface area contributed by atoms with Crippen LogP contribution in [0, 0.1) is 0 Å². The third kappa shape index (κ3) is 8.74. The second kappa shape index (κ2) is 11.8. The highest BCUT2D eigenvalue weighted by Gasteiger charge is 1.94. The Labute approximate surface area is 131 Å². The van der Waals surface area contributed by atoms with Crippen molar-refractivity contribution in [2.24, 2.45) is 10.7 Å². The molecular formula is C13H24IN3S. The van der Waals surface area contributed by atoms with Crippen LogP contribution < -0.4 is 11.1 Å². The number of nitrogens with zero attached hydrogens (tertiary/aromatic N) is 1. The summed E-state index contributed by atoms with van der Waals surface area (Å²) < 4.78 is 0. The second-order valence-corrected chi connectivity index (χ2v) is 5.12. The Hall–Kier alpha value is -0.300. The largest absolute Gasteiger partial charge is 0.370 e. The minimum atomic E-state index is 0. The van der Waals surface area contributed by atoms with Crippen LogP contribution in [0.25, 0.3) is 0 Å². The first-order valence-electron chi connectivity index (χ1n) is 6.39. The third-order valence-corrected chi connectivity index (χ3v) is 3.49. The number of aliphatic imine (C=N–C) groups is 1. The maximum Gasteiger partial charge on any atom is 0.188 e. The third-order valence-electron chi connectivity index (χ3n) is 2.55. The van der Waals surface area contributed by atoms with Gasteiger partial charge in [0.15, 0.2) is 5.96 Å². The van der Waals surface area contributed by atoms with Crippen molar-refractivity contribution in [1.82, 2.24) is 5.32 Å². The predicted octanol–water partition coefficient (Wildman–Crippen LogP) is 3.39. The number of thiophene rings is 1. The van der Waals surface area contributed by atoms with E-state index in [-0.39, 0.29) is 24.0 Å². The first-order chi connectivity index (χ1) is 8.33. The van der Waals surface area contributed by atoms with Crippen LogP contribution in [-0.2, 0) is 6.42 Å². The van der Waals surface area contributed by atoms with Gasteiger partial charge in [0.05, 0.1) is 0 Å². The molecule has 3 nitrogen and oxygen atoms in total. The Kier molecular flexibility index (Phi) is 11.6. The number of nitrogens with two attached hydrogens (primary N) is 1. The molecule has 5 heteroatoms. The average molecular weight is 381 g/mol. The Bertz CT molecular complexity index is 312. The summed E-state index contributed by atoms with van der Waals surface area (Å²) in [6.45, 7) is 3.92. The number of unbranched alkanes of at least 4 members (excludes halogenated alkanes) is 3. The summed E-state index contributed by atoms with van der Waals surface area (Å²) in [5.74, 6) is 0.582. The van der Waals surface area contributed by atoms with E-state index >= 15 is 0 Å².